The van der Waals surface area contributed by atoms with Crippen LogP contribution in [0.3, 0.4) is 0 Å². The molecule has 0 aliphatic carbocycles. The first-order chi connectivity index (χ1) is 13.6. The smallest absolute Gasteiger partial charge is 0.213 e. The monoisotopic (exact) mass is 431 g/mol. The molecule has 1 aromatic carbocycles. The molecule has 2 aliphatic rings. The van der Waals surface area contributed by atoms with Gasteiger partial charge in [0.2, 0.25) is 5.78 Å². The van der Waals surface area contributed by atoms with Gasteiger partial charge >= 0.3 is 0 Å². The summed E-state index contributed by atoms with van der Waals surface area (Å²) in [6.07, 6.45) is 1.63. The van der Waals surface area contributed by atoms with Gasteiger partial charge in [-0.15, -0.1) is 0 Å². The fraction of sp³-hybridized carbons (Fsp3) is 0.286. The lowest BCUT2D eigenvalue weighted by atomic mass is 9.92. The summed E-state index contributed by atoms with van der Waals surface area (Å²) in [6.45, 7) is 7.45. The Morgan fingerprint density at radius 3 is 2.38 bits per heavy atom. The Hall–Kier alpha value is -2.57. The van der Waals surface area contributed by atoms with Crippen LogP contribution in [0.5, 0.6) is 0 Å². The number of carbonyl (C=O) groups excluding carboxylic acids is 3. The Morgan fingerprint density at radius 2 is 1.79 bits per heavy atom. The number of hydrazone groups is 1. The van der Waals surface area contributed by atoms with E-state index in [0.717, 1.165) is 0 Å². The lowest BCUT2D eigenvalue weighted by Crippen LogP contribution is -2.29. The number of halogens is 2. The zero-order valence-corrected chi connectivity index (χ0v) is 17.8. The van der Waals surface area contributed by atoms with Crippen LogP contribution >= 0.6 is 23.2 Å². The van der Waals surface area contributed by atoms with Gasteiger partial charge in [0.05, 0.1) is 22.0 Å². The molecular weight excluding hydrogens is 413 g/mol. The van der Waals surface area contributed by atoms with Crippen LogP contribution in [0.2, 0.25) is 10.0 Å². The number of benzene rings is 1. The van der Waals surface area contributed by atoms with Crippen LogP contribution in [0, 0.1) is 5.92 Å². The minimum absolute atomic E-state index is 0.0313. The Labute approximate surface area is 178 Å². The number of hydrogen-bond acceptors (Lipinski definition) is 6. The van der Waals surface area contributed by atoms with E-state index in [1.165, 1.54) is 23.2 Å². The SMILES string of the molecule is C=C1CC(=O)C(c2cc(Cl)c(C(=O)C3=NCC(=O)C(C(C)C)=C3)c(Cl)c2)=NN1C. The molecule has 2 heterocycles. The molecule has 8 heteroatoms. The van der Waals surface area contributed by atoms with Crippen molar-refractivity contribution in [3.8, 4) is 0 Å². The zero-order valence-electron chi connectivity index (χ0n) is 16.3. The third-order valence-corrected chi connectivity index (χ3v) is 5.34. The summed E-state index contributed by atoms with van der Waals surface area (Å²) >= 11 is 12.7. The molecule has 0 saturated heterocycles. The Kier molecular flexibility index (Phi) is 5.87. The van der Waals surface area contributed by atoms with Crippen molar-refractivity contribution < 1.29 is 14.4 Å². The van der Waals surface area contributed by atoms with E-state index < -0.39 is 5.78 Å². The van der Waals surface area contributed by atoms with E-state index in [-0.39, 0.29) is 57.5 Å². The number of dihydropyridines is 1. The molecule has 3 rings (SSSR count). The molecule has 0 atom stereocenters. The minimum Gasteiger partial charge on any atom is -0.292 e. The van der Waals surface area contributed by atoms with Crippen LogP contribution in [-0.2, 0) is 9.59 Å². The van der Waals surface area contributed by atoms with Crippen LogP contribution in [0.1, 0.15) is 36.2 Å². The second-order valence-corrected chi connectivity index (χ2v) is 7.98. The topological polar surface area (TPSA) is 79.2 Å². The van der Waals surface area contributed by atoms with Crippen molar-refractivity contribution in [2.24, 2.45) is 16.0 Å². The van der Waals surface area contributed by atoms with Gasteiger partial charge in [0.25, 0.3) is 0 Å². The molecule has 0 fully saturated rings. The predicted octanol–water partition coefficient (Wildman–Crippen LogP) is 3.90. The first kappa shape index (κ1) is 21.1. The maximum atomic E-state index is 13.0. The molecule has 0 bridgehead atoms. The van der Waals surface area contributed by atoms with Gasteiger partial charge in [0.1, 0.15) is 18.0 Å². The van der Waals surface area contributed by atoms with E-state index in [0.29, 0.717) is 16.8 Å². The van der Waals surface area contributed by atoms with E-state index in [9.17, 15) is 14.4 Å². The van der Waals surface area contributed by atoms with E-state index in [2.05, 4.69) is 16.7 Å². The van der Waals surface area contributed by atoms with Gasteiger partial charge in [-0.2, -0.15) is 5.10 Å². The number of Topliss-reactive ketones (excluding diaryl/α,β-unsaturated/α-hetero) is 3. The highest BCUT2D eigenvalue weighted by Crippen LogP contribution is 2.30. The van der Waals surface area contributed by atoms with E-state index >= 15 is 0 Å². The number of carbonyl (C=O) groups is 3. The van der Waals surface area contributed by atoms with Gasteiger partial charge in [-0.3, -0.25) is 24.4 Å². The number of aliphatic imine (C=N–C) groups is 1. The summed E-state index contributed by atoms with van der Waals surface area (Å²) in [4.78, 5) is 41.4. The van der Waals surface area contributed by atoms with Crippen LogP contribution < -0.4 is 0 Å². The maximum absolute atomic E-state index is 13.0. The Bertz CT molecular complexity index is 1030. The van der Waals surface area contributed by atoms with Crippen molar-refractivity contribution in [2.45, 2.75) is 20.3 Å². The van der Waals surface area contributed by atoms with Crippen molar-refractivity contribution in [1.82, 2.24) is 5.01 Å². The highest BCUT2D eigenvalue weighted by atomic mass is 35.5. The van der Waals surface area contributed by atoms with Gasteiger partial charge in [0.15, 0.2) is 11.6 Å². The molecule has 0 saturated carbocycles. The van der Waals surface area contributed by atoms with Gasteiger partial charge in [-0.05, 0) is 24.1 Å². The third-order valence-electron chi connectivity index (χ3n) is 4.74. The van der Waals surface area contributed by atoms with E-state index in [1.807, 2.05) is 13.8 Å². The molecule has 0 N–H and O–H groups in total. The first-order valence-electron chi connectivity index (χ1n) is 8.96. The Balaban J connectivity index is 2.00. The lowest BCUT2D eigenvalue weighted by Gasteiger charge is -2.23. The first-order valence-corrected chi connectivity index (χ1v) is 9.72. The van der Waals surface area contributed by atoms with E-state index in [1.54, 1.807) is 7.05 Å². The highest BCUT2D eigenvalue weighted by Gasteiger charge is 2.28. The molecule has 0 amide bonds. The number of nitrogens with zero attached hydrogens (tertiary/aromatic N) is 3. The molecule has 2 aliphatic heterocycles. The second kappa shape index (κ2) is 8.05. The molecule has 0 radical (unpaired) electrons. The van der Waals surface area contributed by atoms with Crippen molar-refractivity contribution in [3.63, 3.8) is 0 Å². The molecule has 0 spiro atoms. The molecular formula is C21H19Cl2N3O3. The molecule has 6 nitrogen and oxygen atoms in total. The molecule has 0 unspecified atom stereocenters. The molecule has 0 aromatic heterocycles. The molecule has 29 heavy (non-hydrogen) atoms. The fourth-order valence-electron chi connectivity index (χ4n) is 3.08. The summed E-state index contributed by atoms with van der Waals surface area (Å²) in [6, 6.07) is 2.97. The van der Waals surface area contributed by atoms with Crippen LogP contribution in [0.4, 0.5) is 0 Å². The minimum atomic E-state index is -0.473. The van der Waals surface area contributed by atoms with Crippen LogP contribution in [0.25, 0.3) is 0 Å². The van der Waals surface area contributed by atoms with Crippen LogP contribution in [-0.4, -0.2) is 47.4 Å². The summed E-state index contributed by atoms with van der Waals surface area (Å²) in [5.41, 5.74) is 1.95. The molecule has 150 valence electrons. The average Bonchev–Trinajstić information content (AvgIpc) is 2.64. The van der Waals surface area contributed by atoms with Crippen molar-refractivity contribution >= 4 is 52.0 Å². The van der Waals surface area contributed by atoms with Crippen molar-refractivity contribution in [3.05, 3.63) is 57.2 Å². The van der Waals surface area contributed by atoms with Gasteiger partial charge in [-0.1, -0.05) is 43.6 Å². The fourth-order valence-corrected chi connectivity index (χ4v) is 3.74. The summed E-state index contributed by atoms with van der Waals surface area (Å²) in [5.74, 6) is -0.821. The average molecular weight is 432 g/mol. The maximum Gasteiger partial charge on any atom is 0.213 e. The normalized spacial score (nSPS) is 17.4. The highest BCUT2D eigenvalue weighted by molar-refractivity contribution is 6.56. The number of allylic oxidation sites excluding steroid dienone is 2. The van der Waals surface area contributed by atoms with Gasteiger partial charge in [-0.25, -0.2) is 0 Å². The summed E-state index contributed by atoms with van der Waals surface area (Å²) in [5, 5.41) is 5.91. The number of hydrogen-bond donors (Lipinski definition) is 0. The zero-order chi connectivity index (χ0) is 21.5. The molecule has 1 aromatic rings. The second-order valence-electron chi connectivity index (χ2n) is 7.16. The quantitative estimate of drug-likeness (QED) is 0.676. The standard InChI is InChI=1S/C21H19Cl2N3O3/c1-10(2)13-8-16(24-9-18(13)28)21(29)19-14(22)6-12(7-15(19)23)20-17(27)5-11(3)26(4)25-20/h6-8,10H,3,5,9H2,1-2,4H3. The number of ketones is 3. The van der Waals surface area contributed by atoms with Crippen LogP contribution in [0.15, 0.2) is 46.2 Å². The summed E-state index contributed by atoms with van der Waals surface area (Å²) in [7, 11) is 1.69. The summed E-state index contributed by atoms with van der Waals surface area (Å²) < 4.78 is 0. The third kappa shape index (κ3) is 4.09. The largest absolute Gasteiger partial charge is 0.292 e. The van der Waals surface area contributed by atoms with Crippen molar-refractivity contribution in [1.29, 1.82) is 0 Å². The van der Waals surface area contributed by atoms with E-state index in [4.69, 9.17) is 23.2 Å². The lowest BCUT2D eigenvalue weighted by molar-refractivity contribution is -0.115. The predicted molar refractivity (Wildman–Crippen MR) is 114 cm³/mol. The van der Waals surface area contributed by atoms with Gasteiger partial charge in [0, 0.05) is 23.9 Å². The Morgan fingerprint density at radius 1 is 1.17 bits per heavy atom. The number of rotatable bonds is 4. The van der Waals surface area contributed by atoms with Crippen molar-refractivity contribution in [2.75, 3.05) is 13.6 Å². The van der Waals surface area contributed by atoms with Gasteiger partial charge < -0.3 is 0 Å².